The highest BCUT2D eigenvalue weighted by molar-refractivity contribution is 7.14. The van der Waals surface area contributed by atoms with Crippen molar-refractivity contribution in [2.24, 2.45) is 0 Å². The minimum atomic E-state index is -0.954. The Morgan fingerprint density at radius 2 is 1.97 bits per heavy atom. The molecule has 0 spiro atoms. The summed E-state index contributed by atoms with van der Waals surface area (Å²) in [4.78, 5) is 21.7. The molecule has 4 aromatic rings. The number of rotatable bonds is 4. The molecule has 3 heterocycles. The first-order valence-corrected chi connectivity index (χ1v) is 9.70. The monoisotopic (exact) mass is 414 g/mol. The van der Waals surface area contributed by atoms with Crippen LogP contribution in [0.3, 0.4) is 0 Å². The topological polar surface area (TPSA) is 80.9 Å². The summed E-state index contributed by atoms with van der Waals surface area (Å²) < 4.78 is 31.8. The van der Waals surface area contributed by atoms with Gasteiger partial charge in [0, 0.05) is 16.6 Å². The molecule has 9 heteroatoms. The molecule has 148 valence electrons. The number of anilines is 1. The lowest BCUT2D eigenvalue weighted by atomic mass is 10.0. The molecule has 0 saturated heterocycles. The van der Waals surface area contributed by atoms with Crippen LogP contribution in [0.25, 0.3) is 22.4 Å². The van der Waals surface area contributed by atoms with E-state index in [0.29, 0.717) is 44.4 Å². The zero-order valence-corrected chi connectivity index (χ0v) is 16.6. The van der Waals surface area contributed by atoms with Crippen LogP contribution in [0.1, 0.15) is 41.5 Å². The van der Waals surface area contributed by atoms with Crippen molar-refractivity contribution >= 4 is 33.5 Å². The minimum Gasteiger partial charge on any atom is -0.336 e. The molecule has 0 aliphatic rings. The van der Waals surface area contributed by atoms with Gasteiger partial charge >= 0.3 is 0 Å². The van der Waals surface area contributed by atoms with E-state index < -0.39 is 11.6 Å². The lowest BCUT2D eigenvalue weighted by Crippen LogP contribution is -2.13. The Balaban J connectivity index is 1.66. The minimum absolute atomic E-state index is 0.0937. The number of benzene rings is 1. The molecule has 0 fully saturated rings. The summed E-state index contributed by atoms with van der Waals surface area (Å²) >= 11 is 1.19. The molecular formula is C20H16F2N4O2S. The van der Waals surface area contributed by atoms with Gasteiger partial charge in [-0.2, -0.15) is 0 Å². The zero-order chi connectivity index (χ0) is 20.7. The number of nitrogens with zero attached hydrogens (tertiary/aromatic N) is 3. The zero-order valence-electron chi connectivity index (χ0n) is 15.8. The summed E-state index contributed by atoms with van der Waals surface area (Å²) in [5, 5.41) is 9.20. The van der Waals surface area contributed by atoms with E-state index in [2.05, 4.69) is 20.4 Å². The number of nitrogens with one attached hydrogen (secondary N) is 1. The predicted molar refractivity (Wildman–Crippen MR) is 106 cm³/mol. The fraction of sp³-hybridized carbons (Fsp3) is 0.200. The molecule has 1 N–H and O–H groups in total. The Kier molecular flexibility index (Phi) is 4.83. The Labute approximate surface area is 168 Å². The molecule has 29 heavy (non-hydrogen) atoms. The molecule has 0 saturated carbocycles. The summed E-state index contributed by atoms with van der Waals surface area (Å²) in [5.41, 5.74) is 2.83. The van der Waals surface area contributed by atoms with Crippen LogP contribution in [0.2, 0.25) is 0 Å². The van der Waals surface area contributed by atoms with E-state index in [1.54, 1.807) is 18.4 Å². The number of carbonyl (C=O) groups is 1. The van der Waals surface area contributed by atoms with Gasteiger partial charge in [0.25, 0.3) is 11.6 Å². The van der Waals surface area contributed by atoms with Crippen molar-refractivity contribution in [2.75, 3.05) is 5.32 Å². The third kappa shape index (κ3) is 3.61. The lowest BCUT2D eigenvalue weighted by Gasteiger charge is -2.08. The normalized spacial score (nSPS) is 11.4. The molecule has 4 rings (SSSR count). The number of fused-ring (bicyclic) bond motifs is 1. The van der Waals surface area contributed by atoms with Crippen molar-refractivity contribution in [1.82, 2.24) is 15.1 Å². The first kappa shape index (κ1) is 19.1. The van der Waals surface area contributed by atoms with E-state index in [0.717, 1.165) is 12.1 Å². The van der Waals surface area contributed by atoms with Crippen molar-refractivity contribution < 1.29 is 18.1 Å². The fourth-order valence-electron chi connectivity index (χ4n) is 2.87. The maximum absolute atomic E-state index is 13.5. The quantitative estimate of drug-likeness (QED) is 0.490. The Hall–Kier alpha value is -3.20. The van der Waals surface area contributed by atoms with Gasteiger partial charge in [-0.3, -0.25) is 10.1 Å². The smallest absolute Gasteiger partial charge is 0.259 e. The van der Waals surface area contributed by atoms with Gasteiger partial charge in [-0.05, 0) is 37.1 Å². The van der Waals surface area contributed by atoms with E-state index in [-0.39, 0.29) is 11.8 Å². The summed E-state index contributed by atoms with van der Waals surface area (Å²) in [7, 11) is 0. The Morgan fingerprint density at radius 1 is 1.17 bits per heavy atom. The molecule has 1 amide bonds. The molecule has 0 radical (unpaired) electrons. The SMILES string of the molecule is Cc1noc2nc(C(C)C)cc(C(=O)Nc3nc(-c4ccc(F)c(F)c4)cs3)c12. The fourth-order valence-corrected chi connectivity index (χ4v) is 3.59. The van der Waals surface area contributed by atoms with Crippen LogP contribution in [-0.2, 0) is 0 Å². The van der Waals surface area contributed by atoms with E-state index in [4.69, 9.17) is 4.52 Å². The summed E-state index contributed by atoms with van der Waals surface area (Å²) in [6.45, 7) is 5.67. The van der Waals surface area contributed by atoms with E-state index >= 15 is 0 Å². The van der Waals surface area contributed by atoms with Crippen LogP contribution in [0, 0.1) is 18.6 Å². The third-order valence-corrected chi connectivity index (χ3v) is 5.17. The highest BCUT2D eigenvalue weighted by atomic mass is 32.1. The lowest BCUT2D eigenvalue weighted by molar-refractivity contribution is 0.102. The summed E-state index contributed by atoms with van der Waals surface area (Å²) in [6, 6.07) is 5.26. The van der Waals surface area contributed by atoms with Crippen LogP contribution in [-0.4, -0.2) is 21.0 Å². The molecule has 0 aliphatic heterocycles. The number of amides is 1. The van der Waals surface area contributed by atoms with Gasteiger partial charge in [-0.25, -0.2) is 18.7 Å². The second kappa shape index (κ2) is 7.32. The van der Waals surface area contributed by atoms with Gasteiger partial charge in [0.05, 0.1) is 22.3 Å². The molecule has 6 nitrogen and oxygen atoms in total. The Bertz CT molecular complexity index is 1230. The van der Waals surface area contributed by atoms with Gasteiger partial charge in [0.1, 0.15) is 0 Å². The van der Waals surface area contributed by atoms with Gasteiger partial charge in [0.15, 0.2) is 16.8 Å². The van der Waals surface area contributed by atoms with Crippen LogP contribution in [0.15, 0.2) is 34.2 Å². The molecule has 1 aromatic carbocycles. The van der Waals surface area contributed by atoms with Crippen molar-refractivity contribution in [3.8, 4) is 11.3 Å². The number of aryl methyl sites for hydroxylation is 1. The maximum atomic E-state index is 13.5. The van der Waals surface area contributed by atoms with Crippen LogP contribution >= 0.6 is 11.3 Å². The number of hydrogen-bond acceptors (Lipinski definition) is 6. The first-order valence-electron chi connectivity index (χ1n) is 8.82. The van der Waals surface area contributed by atoms with E-state index in [9.17, 15) is 13.6 Å². The summed E-state index contributed by atoms with van der Waals surface area (Å²) in [6.07, 6.45) is 0. The highest BCUT2D eigenvalue weighted by Gasteiger charge is 2.21. The number of carbonyl (C=O) groups excluding carboxylic acids is 1. The molecule has 0 unspecified atom stereocenters. The number of halogens is 2. The standard InChI is InChI=1S/C20H16F2N4O2S/c1-9(2)15-7-12(17-10(3)26-28-19(17)23-15)18(27)25-20-24-16(8-29-20)11-4-5-13(21)14(22)6-11/h4-9H,1-3H3,(H,24,25,27). The second-order valence-corrected chi connectivity index (χ2v) is 7.68. The van der Waals surface area contributed by atoms with Crippen molar-refractivity contribution in [2.45, 2.75) is 26.7 Å². The second-order valence-electron chi connectivity index (χ2n) is 6.82. The van der Waals surface area contributed by atoms with Crippen molar-refractivity contribution in [3.63, 3.8) is 0 Å². The first-order chi connectivity index (χ1) is 13.8. The molecule has 0 bridgehead atoms. The largest absolute Gasteiger partial charge is 0.336 e. The summed E-state index contributed by atoms with van der Waals surface area (Å²) in [5.74, 6) is -2.17. The molecular weight excluding hydrogens is 398 g/mol. The third-order valence-electron chi connectivity index (χ3n) is 4.41. The van der Waals surface area contributed by atoms with Crippen LogP contribution in [0.5, 0.6) is 0 Å². The number of thiazole rings is 1. The average Bonchev–Trinajstić information content (AvgIpc) is 3.30. The van der Waals surface area contributed by atoms with E-state index in [1.165, 1.54) is 17.4 Å². The van der Waals surface area contributed by atoms with Gasteiger partial charge < -0.3 is 4.52 Å². The van der Waals surface area contributed by atoms with Crippen LogP contribution < -0.4 is 5.32 Å². The van der Waals surface area contributed by atoms with Crippen molar-refractivity contribution in [3.05, 3.63) is 58.2 Å². The number of hydrogen-bond donors (Lipinski definition) is 1. The molecule has 0 aliphatic carbocycles. The van der Waals surface area contributed by atoms with Gasteiger partial charge in [-0.1, -0.05) is 19.0 Å². The maximum Gasteiger partial charge on any atom is 0.259 e. The molecule has 3 aromatic heterocycles. The number of pyridine rings is 1. The molecule has 0 atom stereocenters. The van der Waals surface area contributed by atoms with Gasteiger partial charge in [-0.15, -0.1) is 11.3 Å². The highest BCUT2D eigenvalue weighted by Crippen LogP contribution is 2.29. The predicted octanol–water partition coefficient (Wildman–Crippen LogP) is 5.31. The van der Waals surface area contributed by atoms with E-state index in [1.807, 2.05) is 13.8 Å². The average molecular weight is 414 g/mol. The van der Waals surface area contributed by atoms with Crippen LogP contribution in [0.4, 0.5) is 13.9 Å². The number of aromatic nitrogens is 3. The van der Waals surface area contributed by atoms with Gasteiger partial charge in [0.2, 0.25) is 0 Å². The van der Waals surface area contributed by atoms with Crippen molar-refractivity contribution in [1.29, 1.82) is 0 Å². The Morgan fingerprint density at radius 3 is 2.69 bits per heavy atom.